The summed E-state index contributed by atoms with van der Waals surface area (Å²) in [6, 6.07) is 0. The zero-order valence-electron chi connectivity index (χ0n) is 6.33. The Balaban J connectivity index is -0.0000000270. The van der Waals surface area contributed by atoms with Crippen molar-refractivity contribution in [2.24, 2.45) is 0 Å². The van der Waals surface area contributed by atoms with Crippen molar-refractivity contribution in [3.05, 3.63) is 0 Å². The minimum absolute atomic E-state index is 0. The van der Waals surface area contributed by atoms with Gasteiger partial charge in [0, 0.05) is 0 Å². The van der Waals surface area contributed by atoms with Crippen molar-refractivity contribution < 1.29 is 45.0 Å². The average Bonchev–Trinajstić information content (AvgIpc) is 1.54. The van der Waals surface area contributed by atoms with Crippen molar-refractivity contribution >= 4 is 35.3 Å². The van der Waals surface area contributed by atoms with Crippen LogP contribution in [0.2, 0.25) is 0 Å². The van der Waals surface area contributed by atoms with E-state index in [0.29, 0.717) is 0 Å². The van der Waals surface area contributed by atoms with Gasteiger partial charge in [0.1, 0.15) is 0 Å². The first-order valence-electron chi connectivity index (χ1n) is 1.84. The van der Waals surface area contributed by atoms with E-state index in [4.69, 9.17) is 45.0 Å². The molecule has 0 aliphatic heterocycles. The van der Waals surface area contributed by atoms with E-state index < -0.39 is 18.5 Å². The van der Waals surface area contributed by atoms with E-state index in [9.17, 15) is 0 Å². The maximum atomic E-state index is 8.33. The van der Waals surface area contributed by atoms with Gasteiger partial charge in [0.05, 0.1) is 0 Å². The number of carbonyl (C=O) groups is 3. The van der Waals surface area contributed by atoms with Crippen molar-refractivity contribution in [2.75, 3.05) is 0 Å². The molecular weight excluding hydrogens is 202 g/mol. The van der Waals surface area contributed by atoms with Crippen molar-refractivity contribution in [3.8, 4) is 0 Å². The first kappa shape index (κ1) is 29.7. The molecule has 0 saturated carbocycles. The van der Waals surface area contributed by atoms with Gasteiger partial charge in [0.15, 0.2) is 0 Å². The van der Waals surface area contributed by atoms with Crippen LogP contribution in [0.3, 0.4) is 0 Å². The fourth-order valence-corrected chi connectivity index (χ4v) is 0. The molecule has 0 rings (SSSR count). The topological polar surface area (TPSA) is 190 Å². The Bertz CT molecular complexity index is 116. The molecular formula is C3B2O9. The summed E-state index contributed by atoms with van der Waals surface area (Å²) >= 11 is 0. The zero-order chi connectivity index (χ0) is 10.7. The summed E-state index contributed by atoms with van der Waals surface area (Å²) in [6.45, 7) is 0. The second-order valence-corrected chi connectivity index (χ2v) is 0.750. The van der Waals surface area contributed by atoms with Crippen LogP contribution < -0.4 is 30.6 Å². The Labute approximate surface area is 81.4 Å². The third-order valence-electron chi connectivity index (χ3n) is 0. The molecule has 0 aliphatic rings. The molecule has 0 aliphatic carbocycles. The summed E-state index contributed by atoms with van der Waals surface area (Å²) in [5.74, 6) is 0. The number of hydrogen-bond donors (Lipinski definition) is 0. The van der Waals surface area contributed by atoms with Crippen LogP contribution in [-0.4, -0.2) is 35.3 Å². The molecule has 0 aromatic heterocycles. The van der Waals surface area contributed by atoms with Gasteiger partial charge in [-0.3, -0.25) is 0 Å². The molecule has 9 nitrogen and oxygen atoms in total. The summed E-state index contributed by atoms with van der Waals surface area (Å²) in [6.07, 6.45) is -7.00. The number of carbonyl (C=O) groups excluding carboxylic acids is 3. The second-order valence-electron chi connectivity index (χ2n) is 0.750. The van der Waals surface area contributed by atoms with Crippen molar-refractivity contribution in [1.82, 2.24) is 0 Å². The molecule has 0 unspecified atom stereocenters. The van der Waals surface area contributed by atoms with Crippen LogP contribution in [0.25, 0.3) is 0 Å². The Hall–Kier alpha value is -2.06. The molecule has 0 bridgehead atoms. The zero-order valence-corrected chi connectivity index (χ0v) is 6.33. The van der Waals surface area contributed by atoms with Gasteiger partial charge in [-0.1, -0.05) is 0 Å². The van der Waals surface area contributed by atoms with Crippen LogP contribution in [0.4, 0.5) is 14.4 Å². The van der Waals surface area contributed by atoms with E-state index in [2.05, 4.69) is 0 Å². The molecule has 0 radical (unpaired) electrons. The predicted molar refractivity (Wildman–Crippen MR) is 27.7 cm³/mol. The molecule has 11 heteroatoms. The van der Waals surface area contributed by atoms with Gasteiger partial charge < -0.3 is 45.0 Å². The van der Waals surface area contributed by atoms with Crippen LogP contribution in [0.5, 0.6) is 0 Å². The average molecular weight is 202 g/mol. The van der Waals surface area contributed by atoms with Crippen LogP contribution in [0.15, 0.2) is 0 Å². The van der Waals surface area contributed by atoms with E-state index in [1.165, 1.54) is 0 Å². The van der Waals surface area contributed by atoms with Crippen molar-refractivity contribution in [2.45, 2.75) is 0 Å². The third-order valence-corrected chi connectivity index (χ3v) is 0. The van der Waals surface area contributed by atoms with E-state index in [0.717, 1.165) is 0 Å². The minimum Gasteiger partial charge on any atom is -0.652 e. The molecule has 0 fully saturated rings. The molecule has 0 saturated heterocycles. The quantitative estimate of drug-likeness (QED) is 0.342. The molecule has 0 amide bonds. The first-order chi connectivity index (χ1) is 5.20. The van der Waals surface area contributed by atoms with Gasteiger partial charge in [-0.2, -0.15) is 0 Å². The van der Waals surface area contributed by atoms with Gasteiger partial charge in [-0.15, -0.1) is 0 Å². The van der Waals surface area contributed by atoms with Gasteiger partial charge in [-0.25, -0.2) is 0 Å². The van der Waals surface area contributed by atoms with E-state index >= 15 is 0 Å². The summed E-state index contributed by atoms with van der Waals surface area (Å²) < 4.78 is 0. The molecule has 72 valence electrons. The number of carboxylic acid groups (broad SMARTS) is 6. The largest absolute Gasteiger partial charge is 3.00 e. The van der Waals surface area contributed by atoms with E-state index in [-0.39, 0.29) is 16.8 Å². The third kappa shape index (κ3) is 187. The molecule has 0 heterocycles. The standard InChI is InChI=1S/3CH2O3.2B/c3*2-1(3)4;;/h3*(H2,2,3,4);;/q;;;2*+3/p-6. The van der Waals surface area contributed by atoms with Crippen LogP contribution in [0.1, 0.15) is 0 Å². The fraction of sp³-hybridized carbons (Fsp3) is 0. The molecule has 0 spiro atoms. The Morgan fingerprint density at radius 1 is 0.500 bits per heavy atom. The van der Waals surface area contributed by atoms with Crippen molar-refractivity contribution in [1.29, 1.82) is 0 Å². The normalized spacial score (nSPS) is 5.14. The van der Waals surface area contributed by atoms with E-state index in [1.807, 2.05) is 0 Å². The SMILES string of the molecule is O=C([O-])[O-].O=C([O-])[O-].O=C([O-])[O-].[B+3].[B+3]. The second kappa shape index (κ2) is 22.4. The number of hydrogen-bond acceptors (Lipinski definition) is 9. The van der Waals surface area contributed by atoms with Crippen LogP contribution in [0, 0.1) is 0 Å². The smallest absolute Gasteiger partial charge is 0.652 e. The van der Waals surface area contributed by atoms with Gasteiger partial charge in [-0.05, 0) is 18.5 Å². The Morgan fingerprint density at radius 2 is 0.500 bits per heavy atom. The summed E-state index contributed by atoms with van der Waals surface area (Å²) in [4.78, 5) is 25.0. The predicted octanol–water partition coefficient (Wildman–Crippen LogP) is -8.10. The van der Waals surface area contributed by atoms with Crippen LogP contribution in [-0.2, 0) is 0 Å². The Morgan fingerprint density at radius 3 is 0.500 bits per heavy atom. The van der Waals surface area contributed by atoms with Gasteiger partial charge >= 0.3 is 16.8 Å². The number of rotatable bonds is 0. The maximum Gasteiger partial charge on any atom is 3.00 e. The van der Waals surface area contributed by atoms with E-state index in [1.54, 1.807) is 0 Å². The summed E-state index contributed by atoms with van der Waals surface area (Å²) in [5.41, 5.74) is 0. The first-order valence-corrected chi connectivity index (χ1v) is 1.84. The molecule has 0 aromatic rings. The summed E-state index contributed by atoms with van der Waals surface area (Å²) in [5, 5.41) is 50.0. The van der Waals surface area contributed by atoms with Crippen molar-refractivity contribution in [3.63, 3.8) is 0 Å². The Kier molecular flexibility index (Phi) is 47.6. The van der Waals surface area contributed by atoms with Crippen LogP contribution >= 0.6 is 0 Å². The molecule has 14 heavy (non-hydrogen) atoms. The molecule has 0 atom stereocenters. The summed E-state index contributed by atoms with van der Waals surface area (Å²) in [7, 11) is 0. The molecule has 0 N–H and O–H groups in total. The maximum absolute atomic E-state index is 8.33. The van der Waals surface area contributed by atoms with Gasteiger partial charge in [0.25, 0.3) is 0 Å². The fourth-order valence-electron chi connectivity index (χ4n) is 0. The monoisotopic (exact) mass is 202 g/mol. The molecule has 0 aromatic carbocycles. The minimum atomic E-state index is -2.33. The van der Waals surface area contributed by atoms with Gasteiger partial charge in [0.2, 0.25) is 0 Å².